The van der Waals surface area contributed by atoms with Gasteiger partial charge in [0.2, 0.25) is 5.91 Å². The van der Waals surface area contributed by atoms with Gasteiger partial charge in [-0.05, 0) is 31.0 Å². The van der Waals surface area contributed by atoms with Gasteiger partial charge in [-0.25, -0.2) is 14.4 Å². The van der Waals surface area contributed by atoms with Gasteiger partial charge in [-0.3, -0.25) is 9.59 Å². The summed E-state index contributed by atoms with van der Waals surface area (Å²) in [7, 11) is 0. The second-order valence-electron chi connectivity index (χ2n) is 6.22. The van der Waals surface area contributed by atoms with Crippen LogP contribution in [-0.4, -0.2) is 39.8 Å². The molecule has 2 aromatic rings. The lowest BCUT2D eigenvalue weighted by molar-refractivity contribution is -0.129. The molecular formula is C18H19FN4O2. The van der Waals surface area contributed by atoms with Crippen LogP contribution < -0.4 is 5.73 Å². The number of hydrogen-bond donors (Lipinski definition) is 1. The number of hydrogen-bond acceptors (Lipinski definition) is 4. The number of carbonyl (C=O) groups is 2. The fourth-order valence-corrected chi connectivity index (χ4v) is 3.01. The topological polar surface area (TPSA) is 89.2 Å². The molecule has 2 heterocycles. The molecule has 1 aliphatic rings. The lowest BCUT2D eigenvalue weighted by atomic mass is 10.1. The minimum Gasteiger partial charge on any atom is -0.365 e. The van der Waals surface area contributed by atoms with Crippen LogP contribution >= 0.6 is 0 Å². The number of likely N-dealkylation sites (tertiary alicyclic amines) is 1. The monoisotopic (exact) mass is 342 g/mol. The molecule has 7 heteroatoms. The Morgan fingerprint density at radius 1 is 1.32 bits per heavy atom. The quantitative estimate of drug-likeness (QED) is 0.913. The van der Waals surface area contributed by atoms with E-state index in [1.165, 1.54) is 18.3 Å². The lowest BCUT2D eigenvalue weighted by Gasteiger charge is -2.16. The molecular weight excluding hydrogens is 323 g/mol. The molecule has 0 radical (unpaired) electrons. The predicted molar refractivity (Wildman–Crippen MR) is 89.3 cm³/mol. The van der Waals surface area contributed by atoms with Crippen LogP contribution in [0, 0.1) is 12.7 Å². The Labute approximate surface area is 144 Å². The second kappa shape index (κ2) is 6.96. The summed E-state index contributed by atoms with van der Waals surface area (Å²) in [4.78, 5) is 34.1. The Morgan fingerprint density at radius 2 is 2.04 bits per heavy atom. The number of halogens is 1. The second-order valence-corrected chi connectivity index (χ2v) is 6.22. The van der Waals surface area contributed by atoms with Gasteiger partial charge in [-0.2, -0.15) is 0 Å². The van der Waals surface area contributed by atoms with Gasteiger partial charge in [0, 0.05) is 25.2 Å². The van der Waals surface area contributed by atoms with Crippen LogP contribution in [0.3, 0.4) is 0 Å². The van der Waals surface area contributed by atoms with E-state index in [1.54, 1.807) is 24.0 Å². The first-order valence-electron chi connectivity index (χ1n) is 8.09. The predicted octanol–water partition coefficient (Wildman–Crippen LogP) is 1.58. The number of amides is 2. The number of benzene rings is 1. The highest BCUT2D eigenvalue weighted by Crippen LogP contribution is 2.25. The summed E-state index contributed by atoms with van der Waals surface area (Å²) in [5.74, 6) is -0.201. The van der Waals surface area contributed by atoms with Gasteiger partial charge < -0.3 is 10.6 Å². The third-order valence-corrected chi connectivity index (χ3v) is 4.44. The maximum Gasteiger partial charge on any atom is 0.252 e. The Morgan fingerprint density at radius 3 is 2.68 bits per heavy atom. The van der Waals surface area contributed by atoms with E-state index in [0.717, 1.165) is 12.0 Å². The Balaban J connectivity index is 1.65. The molecule has 1 aromatic heterocycles. The molecule has 0 unspecified atom stereocenters. The normalized spacial score (nSPS) is 16.9. The van der Waals surface area contributed by atoms with Gasteiger partial charge in [-0.1, -0.05) is 12.1 Å². The molecule has 25 heavy (non-hydrogen) atoms. The molecule has 6 nitrogen and oxygen atoms in total. The van der Waals surface area contributed by atoms with Crippen molar-refractivity contribution in [2.75, 3.05) is 13.1 Å². The van der Waals surface area contributed by atoms with Crippen molar-refractivity contribution in [3.05, 3.63) is 58.9 Å². The Kier molecular flexibility index (Phi) is 4.74. The standard InChI is InChI=1S/C18H19FN4O2/c1-11-15(17(20)25)9-21-18(22-11)13-6-7-23(10-13)16(24)8-12-2-4-14(19)5-3-12/h2-5,9,13H,6-8,10H2,1H3,(H2,20,25)/t13-/m1/s1. The van der Waals surface area contributed by atoms with Crippen molar-refractivity contribution in [1.82, 2.24) is 14.9 Å². The number of nitrogens with two attached hydrogens (primary N) is 1. The fraction of sp³-hybridized carbons (Fsp3) is 0.333. The SMILES string of the molecule is Cc1nc([C@@H]2CCN(C(=O)Cc3ccc(F)cc3)C2)ncc1C(N)=O. The first-order valence-corrected chi connectivity index (χ1v) is 8.09. The van der Waals surface area contributed by atoms with Crippen molar-refractivity contribution < 1.29 is 14.0 Å². The van der Waals surface area contributed by atoms with E-state index in [1.807, 2.05) is 0 Å². The Bertz CT molecular complexity index is 807. The first kappa shape index (κ1) is 17.0. The van der Waals surface area contributed by atoms with Gasteiger partial charge in [0.1, 0.15) is 11.6 Å². The van der Waals surface area contributed by atoms with E-state index in [4.69, 9.17) is 5.73 Å². The lowest BCUT2D eigenvalue weighted by Crippen LogP contribution is -2.30. The Hall–Kier alpha value is -2.83. The van der Waals surface area contributed by atoms with Gasteiger partial charge >= 0.3 is 0 Å². The van der Waals surface area contributed by atoms with E-state index in [0.29, 0.717) is 30.2 Å². The number of carbonyl (C=O) groups excluding carboxylic acids is 2. The highest BCUT2D eigenvalue weighted by Gasteiger charge is 2.29. The molecule has 0 bridgehead atoms. The third-order valence-electron chi connectivity index (χ3n) is 4.44. The zero-order chi connectivity index (χ0) is 18.0. The van der Waals surface area contributed by atoms with E-state index in [-0.39, 0.29) is 24.1 Å². The number of primary amides is 1. The van der Waals surface area contributed by atoms with Crippen molar-refractivity contribution in [3.63, 3.8) is 0 Å². The van der Waals surface area contributed by atoms with Crippen LogP contribution in [0.2, 0.25) is 0 Å². The van der Waals surface area contributed by atoms with Crippen molar-refractivity contribution in [2.45, 2.75) is 25.7 Å². The molecule has 2 amide bonds. The average Bonchev–Trinajstić information content (AvgIpc) is 3.06. The molecule has 2 N–H and O–H groups in total. The summed E-state index contributed by atoms with van der Waals surface area (Å²) in [6.07, 6.45) is 2.46. The van der Waals surface area contributed by atoms with Crippen LogP contribution in [0.1, 0.15) is 39.8 Å². The van der Waals surface area contributed by atoms with Crippen molar-refractivity contribution in [2.24, 2.45) is 5.73 Å². The largest absolute Gasteiger partial charge is 0.365 e. The van der Waals surface area contributed by atoms with Crippen LogP contribution in [-0.2, 0) is 11.2 Å². The highest BCUT2D eigenvalue weighted by molar-refractivity contribution is 5.93. The average molecular weight is 342 g/mol. The maximum absolute atomic E-state index is 12.9. The van der Waals surface area contributed by atoms with Gasteiger partial charge in [0.15, 0.2) is 0 Å². The summed E-state index contributed by atoms with van der Waals surface area (Å²) in [5, 5.41) is 0. The molecule has 1 saturated heterocycles. The molecule has 1 aliphatic heterocycles. The van der Waals surface area contributed by atoms with Gasteiger partial charge in [-0.15, -0.1) is 0 Å². The number of aryl methyl sites for hydroxylation is 1. The maximum atomic E-state index is 12.9. The van der Waals surface area contributed by atoms with Gasteiger partial charge in [0.25, 0.3) is 5.91 Å². The molecule has 130 valence electrons. The van der Waals surface area contributed by atoms with E-state index in [9.17, 15) is 14.0 Å². The highest BCUT2D eigenvalue weighted by atomic mass is 19.1. The van der Waals surface area contributed by atoms with Crippen LogP contribution in [0.15, 0.2) is 30.5 Å². The van der Waals surface area contributed by atoms with Crippen molar-refractivity contribution in [1.29, 1.82) is 0 Å². The minimum atomic E-state index is -0.549. The van der Waals surface area contributed by atoms with E-state index >= 15 is 0 Å². The van der Waals surface area contributed by atoms with Gasteiger partial charge in [0.05, 0.1) is 17.7 Å². The number of rotatable bonds is 4. The molecule has 1 aromatic carbocycles. The first-order chi connectivity index (χ1) is 11.9. The fourth-order valence-electron chi connectivity index (χ4n) is 3.01. The molecule has 3 rings (SSSR count). The third kappa shape index (κ3) is 3.81. The van der Waals surface area contributed by atoms with Crippen molar-refractivity contribution in [3.8, 4) is 0 Å². The van der Waals surface area contributed by atoms with Crippen molar-refractivity contribution >= 4 is 11.8 Å². The van der Waals surface area contributed by atoms with E-state index in [2.05, 4.69) is 9.97 Å². The van der Waals surface area contributed by atoms with Crippen LogP contribution in [0.25, 0.3) is 0 Å². The van der Waals surface area contributed by atoms with Crippen LogP contribution in [0.5, 0.6) is 0 Å². The van der Waals surface area contributed by atoms with E-state index < -0.39 is 5.91 Å². The smallest absolute Gasteiger partial charge is 0.252 e. The van der Waals surface area contributed by atoms with Crippen LogP contribution in [0.4, 0.5) is 4.39 Å². The number of aromatic nitrogens is 2. The molecule has 0 spiro atoms. The molecule has 1 fully saturated rings. The minimum absolute atomic E-state index is 0.000383. The summed E-state index contributed by atoms with van der Waals surface area (Å²) in [6, 6.07) is 5.95. The summed E-state index contributed by atoms with van der Waals surface area (Å²) in [5.41, 5.74) is 6.91. The zero-order valence-electron chi connectivity index (χ0n) is 13.9. The zero-order valence-corrected chi connectivity index (χ0v) is 13.9. The molecule has 0 aliphatic carbocycles. The summed E-state index contributed by atoms with van der Waals surface area (Å²) < 4.78 is 12.9. The number of nitrogens with zero attached hydrogens (tertiary/aromatic N) is 3. The summed E-state index contributed by atoms with van der Waals surface area (Å²) >= 11 is 0. The molecule has 1 atom stereocenters. The molecule has 0 saturated carbocycles. The summed E-state index contributed by atoms with van der Waals surface area (Å²) in [6.45, 7) is 2.89.